The average Bonchev–Trinajstić information content (AvgIpc) is 2.46. The van der Waals surface area contributed by atoms with Crippen molar-refractivity contribution in [2.24, 2.45) is 0 Å². The molecule has 0 radical (unpaired) electrons. The van der Waals surface area contributed by atoms with Gasteiger partial charge >= 0.3 is 0 Å². The van der Waals surface area contributed by atoms with Gasteiger partial charge in [0.25, 0.3) is 0 Å². The summed E-state index contributed by atoms with van der Waals surface area (Å²) in [5.41, 5.74) is 1.71. The predicted octanol–water partition coefficient (Wildman–Crippen LogP) is 0.672. The molecule has 2 N–H and O–H groups in total. The predicted molar refractivity (Wildman–Crippen MR) is 81.0 cm³/mol. The van der Waals surface area contributed by atoms with Gasteiger partial charge in [-0.2, -0.15) is 4.31 Å². The van der Waals surface area contributed by atoms with Gasteiger partial charge < -0.3 is 15.2 Å². The fraction of sp³-hybridized carbons (Fsp3) is 0.571. The fourth-order valence-electron chi connectivity index (χ4n) is 2.53. The summed E-state index contributed by atoms with van der Waals surface area (Å²) >= 11 is 0. The van der Waals surface area contributed by atoms with Crippen molar-refractivity contribution in [1.82, 2.24) is 4.31 Å². The molecular formula is C14H22N2O4S. The maximum atomic E-state index is 12.7. The molecule has 1 heterocycles. The lowest BCUT2D eigenvalue weighted by atomic mass is 10.0. The minimum Gasteiger partial charge on any atom is -0.389 e. The first kappa shape index (κ1) is 16.2. The molecular weight excluding hydrogens is 292 g/mol. The third kappa shape index (κ3) is 3.55. The summed E-state index contributed by atoms with van der Waals surface area (Å²) in [5.74, 6) is 0. The summed E-state index contributed by atoms with van der Waals surface area (Å²) in [7, 11) is -0.671. The molecule has 0 aliphatic carbocycles. The van der Waals surface area contributed by atoms with E-state index >= 15 is 0 Å². The lowest BCUT2D eigenvalue weighted by Crippen LogP contribution is -2.36. The van der Waals surface area contributed by atoms with Crippen LogP contribution < -0.4 is 5.32 Å². The topological polar surface area (TPSA) is 78.9 Å². The third-order valence-electron chi connectivity index (χ3n) is 3.57. The molecule has 7 heteroatoms. The van der Waals surface area contributed by atoms with Crippen molar-refractivity contribution in [2.75, 3.05) is 39.2 Å². The Balaban J connectivity index is 2.27. The summed E-state index contributed by atoms with van der Waals surface area (Å²) in [6.07, 6.45) is 0.814. The Labute approximate surface area is 125 Å². The Morgan fingerprint density at radius 1 is 1.48 bits per heavy atom. The van der Waals surface area contributed by atoms with Crippen LogP contribution in [-0.2, 0) is 21.2 Å². The number of hydrogen-bond donors (Lipinski definition) is 2. The average molecular weight is 314 g/mol. The van der Waals surface area contributed by atoms with Crippen molar-refractivity contribution in [3.63, 3.8) is 0 Å². The van der Waals surface area contributed by atoms with Crippen LogP contribution in [0.5, 0.6) is 0 Å². The minimum atomic E-state index is -3.62. The van der Waals surface area contributed by atoms with Gasteiger partial charge in [-0.05, 0) is 30.5 Å². The van der Waals surface area contributed by atoms with E-state index in [1.54, 1.807) is 12.1 Å². The Bertz CT molecular complexity index is 589. The van der Waals surface area contributed by atoms with Crippen molar-refractivity contribution in [2.45, 2.75) is 23.8 Å². The van der Waals surface area contributed by atoms with Crippen molar-refractivity contribution in [1.29, 1.82) is 0 Å². The number of likely N-dealkylation sites (N-methyl/N-ethyl adjacent to an activating group) is 1. The number of fused-ring (bicyclic) bond motifs is 1. The summed E-state index contributed by atoms with van der Waals surface area (Å²) in [4.78, 5) is 0.319. The summed E-state index contributed by atoms with van der Waals surface area (Å²) in [6, 6.07) is 5.26. The molecule has 1 aromatic carbocycles. The van der Waals surface area contributed by atoms with Crippen molar-refractivity contribution >= 4 is 15.7 Å². The number of methoxy groups -OCH3 is 1. The highest BCUT2D eigenvalue weighted by Gasteiger charge is 2.27. The zero-order chi connectivity index (χ0) is 15.5. The maximum Gasteiger partial charge on any atom is 0.243 e. The highest BCUT2D eigenvalue weighted by molar-refractivity contribution is 7.89. The molecule has 0 aromatic heterocycles. The first-order valence-corrected chi connectivity index (χ1v) is 8.40. The number of aliphatic hydroxyl groups is 1. The smallest absolute Gasteiger partial charge is 0.243 e. The Morgan fingerprint density at radius 2 is 2.24 bits per heavy atom. The molecule has 2 rings (SSSR count). The number of anilines is 1. The highest BCUT2D eigenvalue weighted by atomic mass is 32.2. The maximum absolute atomic E-state index is 12.7. The van der Waals surface area contributed by atoms with Crippen molar-refractivity contribution in [3.8, 4) is 0 Å². The van der Waals surface area contributed by atoms with E-state index in [2.05, 4.69) is 5.32 Å². The van der Waals surface area contributed by atoms with Gasteiger partial charge in [-0.25, -0.2) is 8.42 Å². The molecule has 1 aliphatic rings. The van der Waals surface area contributed by atoms with E-state index in [0.717, 1.165) is 30.6 Å². The van der Waals surface area contributed by atoms with E-state index < -0.39 is 16.1 Å². The number of nitrogens with zero attached hydrogens (tertiary/aromatic N) is 1. The monoisotopic (exact) mass is 314 g/mol. The molecule has 1 atom stereocenters. The van der Waals surface area contributed by atoms with Crippen LogP contribution >= 0.6 is 0 Å². The summed E-state index contributed by atoms with van der Waals surface area (Å²) < 4.78 is 31.4. The largest absolute Gasteiger partial charge is 0.389 e. The molecule has 1 unspecified atom stereocenters. The zero-order valence-electron chi connectivity index (χ0n) is 12.4. The van der Waals surface area contributed by atoms with Gasteiger partial charge in [0.2, 0.25) is 10.0 Å². The van der Waals surface area contributed by atoms with Crippen molar-refractivity contribution < 1.29 is 18.3 Å². The molecule has 0 spiro atoms. The normalized spacial score (nSPS) is 16.4. The molecule has 21 heavy (non-hydrogen) atoms. The number of nitrogens with one attached hydrogen (secondary N) is 1. The standard InChI is InChI=1S/C14H22N2O4S/c1-16(9-11(17)10-20-2)21(18,19)14-7-3-6-13-12(14)5-4-8-15-13/h3,6-7,11,15,17H,4-5,8-10H2,1-2H3. The van der Waals surface area contributed by atoms with E-state index in [0.29, 0.717) is 4.90 Å². The van der Waals surface area contributed by atoms with Crippen LogP contribution in [0.15, 0.2) is 23.1 Å². The minimum absolute atomic E-state index is 0.00721. The second-order valence-electron chi connectivity index (χ2n) is 5.21. The van der Waals surface area contributed by atoms with Crippen LogP contribution in [0, 0.1) is 0 Å². The first-order valence-electron chi connectivity index (χ1n) is 6.96. The van der Waals surface area contributed by atoms with Gasteiger partial charge in [0.15, 0.2) is 0 Å². The summed E-state index contributed by atoms with van der Waals surface area (Å²) in [6.45, 7) is 0.973. The number of hydrogen-bond acceptors (Lipinski definition) is 5. The number of ether oxygens (including phenoxy) is 1. The number of sulfonamides is 1. The lowest BCUT2D eigenvalue weighted by Gasteiger charge is -2.25. The molecule has 1 aliphatic heterocycles. The van der Waals surface area contributed by atoms with Gasteiger partial charge in [0.1, 0.15) is 0 Å². The molecule has 6 nitrogen and oxygen atoms in total. The molecule has 1 aromatic rings. The fourth-order valence-corrected chi connectivity index (χ4v) is 4.00. The zero-order valence-corrected chi connectivity index (χ0v) is 13.2. The van der Waals surface area contributed by atoms with Crippen LogP contribution in [0.1, 0.15) is 12.0 Å². The van der Waals surface area contributed by atoms with Crippen LogP contribution in [0.2, 0.25) is 0 Å². The van der Waals surface area contributed by atoms with Crippen LogP contribution in [0.25, 0.3) is 0 Å². The second kappa shape index (κ2) is 6.74. The molecule has 0 amide bonds. The third-order valence-corrected chi connectivity index (χ3v) is 5.48. The van der Waals surface area contributed by atoms with E-state index in [9.17, 15) is 13.5 Å². The molecule has 118 valence electrons. The number of aliphatic hydroxyl groups excluding tert-OH is 1. The first-order chi connectivity index (χ1) is 9.96. The Hall–Kier alpha value is -1.15. The Kier molecular flexibility index (Phi) is 5.21. The molecule has 0 saturated heterocycles. The van der Waals surface area contributed by atoms with Gasteiger partial charge in [-0.15, -0.1) is 0 Å². The van der Waals surface area contributed by atoms with E-state index in [4.69, 9.17) is 4.74 Å². The van der Waals surface area contributed by atoms with Crippen LogP contribution in [0.4, 0.5) is 5.69 Å². The second-order valence-corrected chi connectivity index (χ2v) is 7.22. The van der Waals surface area contributed by atoms with Crippen molar-refractivity contribution in [3.05, 3.63) is 23.8 Å². The number of rotatable bonds is 6. The molecule has 0 bridgehead atoms. The van der Waals surface area contributed by atoms with E-state index in [1.807, 2.05) is 6.07 Å². The highest BCUT2D eigenvalue weighted by Crippen LogP contribution is 2.29. The van der Waals surface area contributed by atoms with E-state index in [1.165, 1.54) is 18.5 Å². The van der Waals surface area contributed by atoms with E-state index in [-0.39, 0.29) is 13.2 Å². The van der Waals surface area contributed by atoms with Gasteiger partial charge in [0, 0.05) is 32.9 Å². The van der Waals surface area contributed by atoms with Crippen LogP contribution in [-0.4, -0.2) is 57.8 Å². The Morgan fingerprint density at radius 3 is 2.95 bits per heavy atom. The number of benzene rings is 1. The quantitative estimate of drug-likeness (QED) is 0.807. The summed E-state index contributed by atoms with van der Waals surface area (Å²) in [5, 5.41) is 12.9. The molecule has 0 fully saturated rings. The lowest BCUT2D eigenvalue weighted by molar-refractivity contribution is 0.0554. The van der Waals surface area contributed by atoms with Gasteiger partial charge in [-0.1, -0.05) is 6.07 Å². The molecule has 0 saturated carbocycles. The van der Waals surface area contributed by atoms with Gasteiger partial charge in [-0.3, -0.25) is 0 Å². The SMILES string of the molecule is COCC(O)CN(C)S(=O)(=O)c1cccc2c1CCCN2. The van der Waals surface area contributed by atoms with Crippen LogP contribution in [0.3, 0.4) is 0 Å². The van der Waals surface area contributed by atoms with Gasteiger partial charge in [0.05, 0.1) is 17.6 Å².